The zero-order chi connectivity index (χ0) is 13.0. The molecule has 0 bridgehead atoms. The molecule has 0 unspecified atom stereocenters. The molecule has 0 aliphatic rings. The van der Waals surface area contributed by atoms with Gasteiger partial charge in [-0.2, -0.15) is 0 Å². The number of halogens is 2. The summed E-state index contributed by atoms with van der Waals surface area (Å²) in [5, 5.41) is 0.222. The smallest absolute Gasteiger partial charge is 0.146 e. The van der Waals surface area contributed by atoms with Gasteiger partial charge in [-0.3, -0.25) is 4.98 Å². The summed E-state index contributed by atoms with van der Waals surface area (Å²) in [7, 11) is 0. The molecule has 1 aromatic heterocycles. The van der Waals surface area contributed by atoms with Crippen LogP contribution in [0.3, 0.4) is 0 Å². The largest absolute Gasteiger partial charge is 0.454 e. The van der Waals surface area contributed by atoms with E-state index in [4.69, 9.17) is 22.1 Å². The minimum Gasteiger partial charge on any atom is -0.454 e. The zero-order valence-electron chi connectivity index (χ0n) is 9.57. The molecule has 2 rings (SSSR count). The Kier molecular flexibility index (Phi) is 4.12. The van der Waals surface area contributed by atoms with Crippen molar-refractivity contribution in [1.29, 1.82) is 0 Å². The van der Waals surface area contributed by atoms with Gasteiger partial charge in [0.15, 0.2) is 0 Å². The van der Waals surface area contributed by atoms with Gasteiger partial charge < -0.3 is 10.5 Å². The van der Waals surface area contributed by atoms with E-state index >= 15 is 0 Å². The number of aromatic nitrogens is 1. The lowest BCUT2D eigenvalue weighted by Crippen LogP contribution is -2.03. The Labute approximate surface area is 109 Å². The number of nitrogens with two attached hydrogens (primary N) is 1. The van der Waals surface area contributed by atoms with Crippen molar-refractivity contribution in [1.82, 2.24) is 4.98 Å². The lowest BCUT2D eigenvalue weighted by Gasteiger charge is -2.08. The minimum atomic E-state index is -0.401. The first-order valence-electron chi connectivity index (χ1n) is 5.46. The van der Waals surface area contributed by atoms with Crippen molar-refractivity contribution in [3.8, 4) is 11.5 Å². The lowest BCUT2D eigenvalue weighted by atomic mass is 10.2. The standard InChI is InChI=1S/C13H12ClFN2O/c14-12-6-10(15)1-2-13(12)18-11-5-9(3-4-16)7-17-8-11/h1-2,5-8H,3-4,16H2. The van der Waals surface area contributed by atoms with Crippen molar-refractivity contribution in [3.05, 3.63) is 53.1 Å². The number of ether oxygens (including phenoxy) is 1. The van der Waals surface area contributed by atoms with Crippen LogP contribution in [-0.2, 0) is 6.42 Å². The fraction of sp³-hybridized carbons (Fsp3) is 0.154. The van der Waals surface area contributed by atoms with Crippen LogP contribution in [-0.4, -0.2) is 11.5 Å². The van der Waals surface area contributed by atoms with E-state index in [1.54, 1.807) is 12.4 Å². The van der Waals surface area contributed by atoms with Gasteiger partial charge in [0.05, 0.1) is 11.2 Å². The number of hydrogen-bond donors (Lipinski definition) is 1. The van der Waals surface area contributed by atoms with Crippen molar-refractivity contribution in [2.75, 3.05) is 6.54 Å². The lowest BCUT2D eigenvalue weighted by molar-refractivity contribution is 0.477. The molecule has 1 heterocycles. The molecule has 2 aromatic rings. The van der Waals surface area contributed by atoms with Crippen LogP contribution in [0, 0.1) is 5.82 Å². The summed E-state index contributed by atoms with van der Waals surface area (Å²) in [6.07, 6.45) is 4.02. The number of hydrogen-bond acceptors (Lipinski definition) is 3. The Morgan fingerprint density at radius 2 is 2.11 bits per heavy atom. The molecule has 3 nitrogen and oxygen atoms in total. The van der Waals surface area contributed by atoms with Crippen LogP contribution in [0.2, 0.25) is 5.02 Å². The highest BCUT2D eigenvalue weighted by molar-refractivity contribution is 6.32. The summed E-state index contributed by atoms with van der Waals surface area (Å²) in [6, 6.07) is 5.80. The molecule has 2 N–H and O–H groups in total. The maximum atomic E-state index is 12.9. The summed E-state index contributed by atoms with van der Waals surface area (Å²) in [5.74, 6) is 0.543. The van der Waals surface area contributed by atoms with Crippen molar-refractivity contribution in [2.24, 2.45) is 5.73 Å². The van der Waals surface area contributed by atoms with Gasteiger partial charge in [-0.05, 0) is 42.8 Å². The first-order valence-corrected chi connectivity index (χ1v) is 5.84. The highest BCUT2D eigenvalue weighted by atomic mass is 35.5. The molecule has 0 spiro atoms. The third kappa shape index (κ3) is 3.18. The minimum absolute atomic E-state index is 0.222. The molecule has 0 saturated heterocycles. The maximum absolute atomic E-state index is 12.9. The van der Waals surface area contributed by atoms with E-state index in [2.05, 4.69) is 4.98 Å². The molecule has 1 aromatic carbocycles. The second-order valence-corrected chi connectivity index (χ2v) is 4.15. The first kappa shape index (κ1) is 12.8. The van der Waals surface area contributed by atoms with Gasteiger partial charge in [-0.25, -0.2) is 4.39 Å². The van der Waals surface area contributed by atoms with Gasteiger partial charge in [0.1, 0.15) is 17.3 Å². The van der Waals surface area contributed by atoms with Gasteiger partial charge in [-0.15, -0.1) is 0 Å². The Hall–Kier alpha value is -1.65. The number of nitrogens with zero attached hydrogens (tertiary/aromatic N) is 1. The van der Waals surface area contributed by atoms with Gasteiger partial charge in [-0.1, -0.05) is 11.6 Å². The van der Waals surface area contributed by atoms with E-state index in [0.29, 0.717) is 18.0 Å². The normalized spacial score (nSPS) is 10.4. The van der Waals surface area contributed by atoms with Crippen LogP contribution in [0.4, 0.5) is 4.39 Å². The van der Waals surface area contributed by atoms with E-state index in [1.165, 1.54) is 18.2 Å². The first-order chi connectivity index (χ1) is 8.69. The van der Waals surface area contributed by atoms with Crippen LogP contribution in [0.25, 0.3) is 0 Å². The second-order valence-electron chi connectivity index (χ2n) is 3.74. The SMILES string of the molecule is NCCc1cncc(Oc2ccc(F)cc2Cl)c1. The van der Waals surface area contributed by atoms with E-state index < -0.39 is 5.82 Å². The molecule has 0 fully saturated rings. The molecule has 0 radical (unpaired) electrons. The molecule has 18 heavy (non-hydrogen) atoms. The van der Waals surface area contributed by atoms with Crippen LogP contribution >= 0.6 is 11.6 Å². The molecule has 0 amide bonds. The van der Waals surface area contributed by atoms with E-state index in [9.17, 15) is 4.39 Å². The van der Waals surface area contributed by atoms with Crippen LogP contribution in [0.1, 0.15) is 5.56 Å². The Morgan fingerprint density at radius 1 is 1.28 bits per heavy atom. The van der Waals surface area contributed by atoms with E-state index in [0.717, 1.165) is 12.0 Å². The highest BCUT2D eigenvalue weighted by Crippen LogP contribution is 2.29. The highest BCUT2D eigenvalue weighted by Gasteiger charge is 2.05. The molecular weight excluding hydrogens is 255 g/mol. The molecule has 0 atom stereocenters. The zero-order valence-corrected chi connectivity index (χ0v) is 10.3. The fourth-order valence-corrected chi connectivity index (χ4v) is 1.71. The predicted octanol–water partition coefficient (Wildman–Crippen LogP) is 3.17. The van der Waals surface area contributed by atoms with Crippen LogP contribution < -0.4 is 10.5 Å². The number of pyridine rings is 1. The molecule has 0 aliphatic heterocycles. The van der Waals surface area contributed by atoms with Gasteiger partial charge >= 0.3 is 0 Å². The number of rotatable bonds is 4. The van der Waals surface area contributed by atoms with Gasteiger partial charge in [0, 0.05) is 6.20 Å². The van der Waals surface area contributed by atoms with Crippen molar-refractivity contribution in [2.45, 2.75) is 6.42 Å². The summed E-state index contributed by atoms with van der Waals surface area (Å²) < 4.78 is 18.4. The number of benzene rings is 1. The fourth-order valence-electron chi connectivity index (χ4n) is 1.51. The molecule has 0 aliphatic carbocycles. The van der Waals surface area contributed by atoms with E-state index in [-0.39, 0.29) is 5.02 Å². The predicted molar refractivity (Wildman–Crippen MR) is 68.5 cm³/mol. The molecule has 0 saturated carbocycles. The van der Waals surface area contributed by atoms with Gasteiger partial charge in [0.25, 0.3) is 0 Å². The molecule has 94 valence electrons. The monoisotopic (exact) mass is 266 g/mol. The topological polar surface area (TPSA) is 48.1 Å². The Balaban J connectivity index is 2.20. The summed E-state index contributed by atoms with van der Waals surface area (Å²) in [4.78, 5) is 4.05. The average molecular weight is 267 g/mol. The summed E-state index contributed by atoms with van der Waals surface area (Å²) in [5.41, 5.74) is 6.45. The van der Waals surface area contributed by atoms with Crippen molar-refractivity contribution >= 4 is 11.6 Å². The third-order valence-corrected chi connectivity index (χ3v) is 2.62. The van der Waals surface area contributed by atoms with Crippen LogP contribution in [0.15, 0.2) is 36.7 Å². The van der Waals surface area contributed by atoms with Crippen molar-refractivity contribution < 1.29 is 9.13 Å². The maximum Gasteiger partial charge on any atom is 0.146 e. The Morgan fingerprint density at radius 3 is 2.83 bits per heavy atom. The Bertz CT molecular complexity index is 548. The van der Waals surface area contributed by atoms with E-state index in [1.807, 2.05) is 6.07 Å². The van der Waals surface area contributed by atoms with Crippen molar-refractivity contribution in [3.63, 3.8) is 0 Å². The van der Waals surface area contributed by atoms with Gasteiger partial charge in [0.2, 0.25) is 0 Å². The van der Waals surface area contributed by atoms with Crippen LogP contribution in [0.5, 0.6) is 11.5 Å². The molecular formula is C13H12ClFN2O. The quantitative estimate of drug-likeness (QED) is 0.925. The molecule has 5 heteroatoms. The summed E-state index contributed by atoms with van der Waals surface area (Å²) >= 11 is 5.87. The summed E-state index contributed by atoms with van der Waals surface area (Å²) in [6.45, 7) is 0.544. The third-order valence-electron chi connectivity index (χ3n) is 2.32. The average Bonchev–Trinajstić information content (AvgIpc) is 2.34. The second kappa shape index (κ2) is 5.80.